The van der Waals surface area contributed by atoms with E-state index in [1.165, 1.54) is 31.2 Å². The Balaban J connectivity index is 1.49. The van der Waals surface area contributed by atoms with Crippen LogP contribution < -0.4 is 0 Å². The molecule has 4 heteroatoms. The summed E-state index contributed by atoms with van der Waals surface area (Å²) in [7, 11) is 0. The largest absolute Gasteiger partial charge is 0.393 e. The van der Waals surface area contributed by atoms with Gasteiger partial charge in [0.2, 0.25) is 0 Å². The first-order valence-electron chi connectivity index (χ1n) is 7.92. The standard InChI is InChI=1S/C17H23N3O/c21-17(6-5-14-7-10-18-11-8-14)13-15-9-12-20(19-15)16-3-1-2-4-16/h7-12,16-17,21H,1-6,13H2. The topological polar surface area (TPSA) is 50.9 Å². The van der Waals surface area contributed by atoms with Crippen molar-refractivity contribution in [3.05, 3.63) is 48.0 Å². The highest BCUT2D eigenvalue weighted by Crippen LogP contribution is 2.28. The molecule has 0 spiro atoms. The maximum absolute atomic E-state index is 10.2. The molecule has 4 nitrogen and oxygen atoms in total. The maximum Gasteiger partial charge on any atom is 0.0650 e. The SMILES string of the molecule is OC(CCc1ccncc1)Cc1ccn(C2CCCC2)n1. The monoisotopic (exact) mass is 285 g/mol. The molecule has 0 radical (unpaired) electrons. The van der Waals surface area contributed by atoms with E-state index in [2.05, 4.69) is 21.0 Å². The zero-order valence-corrected chi connectivity index (χ0v) is 12.4. The Morgan fingerprint density at radius 1 is 1.19 bits per heavy atom. The van der Waals surface area contributed by atoms with E-state index >= 15 is 0 Å². The van der Waals surface area contributed by atoms with Gasteiger partial charge in [-0.2, -0.15) is 5.10 Å². The van der Waals surface area contributed by atoms with Gasteiger partial charge < -0.3 is 5.11 Å². The molecule has 2 aromatic heterocycles. The summed E-state index contributed by atoms with van der Waals surface area (Å²) in [4.78, 5) is 4.01. The summed E-state index contributed by atoms with van der Waals surface area (Å²) in [6.45, 7) is 0. The molecule has 3 rings (SSSR count). The van der Waals surface area contributed by atoms with Gasteiger partial charge in [0.25, 0.3) is 0 Å². The Bertz CT molecular complexity index is 546. The summed E-state index contributed by atoms with van der Waals surface area (Å²) in [5.41, 5.74) is 2.23. The minimum atomic E-state index is -0.329. The molecule has 0 aromatic carbocycles. The summed E-state index contributed by atoms with van der Waals surface area (Å²) in [6.07, 6.45) is 12.7. The molecule has 1 saturated carbocycles. The van der Waals surface area contributed by atoms with E-state index in [1.807, 2.05) is 18.2 Å². The van der Waals surface area contributed by atoms with Crippen LogP contribution in [0, 0.1) is 0 Å². The van der Waals surface area contributed by atoms with Gasteiger partial charge in [-0.05, 0) is 49.4 Å². The second kappa shape index (κ2) is 6.85. The Morgan fingerprint density at radius 2 is 1.95 bits per heavy atom. The smallest absolute Gasteiger partial charge is 0.0650 e. The average molecular weight is 285 g/mol. The third kappa shape index (κ3) is 3.91. The Kier molecular flexibility index (Phi) is 4.65. The molecular weight excluding hydrogens is 262 g/mol. The van der Waals surface area contributed by atoms with Crippen LogP contribution in [0.2, 0.25) is 0 Å². The highest BCUT2D eigenvalue weighted by atomic mass is 16.3. The minimum absolute atomic E-state index is 0.329. The second-order valence-corrected chi connectivity index (χ2v) is 5.98. The number of aromatic nitrogens is 3. The van der Waals surface area contributed by atoms with Gasteiger partial charge in [-0.3, -0.25) is 9.67 Å². The number of rotatable bonds is 6. The van der Waals surface area contributed by atoms with E-state index in [1.54, 1.807) is 12.4 Å². The molecule has 0 bridgehead atoms. The molecule has 0 saturated heterocycles. The predicted molar refractivity (Wildman–Crippen MR) is 82.0 cm³/mol. The Labute approximate surface area is 125 Å². The van der Waals surface area contributed by atoms with Crippen LogP contribution in [0.3, 0.4) is 0 Å². The summed E-state index contributed by atoms with van der Waals surface area (Å²) < 4.78 is 2.10. The summed E-state index contributed by atoms with van der Waals surface area (Å²) >= 11 is 0. The van der Waals surface area contributed by atoms with Crippen molar-refractivity contribution in [2.75, 3.05) is 0 Å². The van der Waals surface area contributed by atoms with Gasteiger partial charge in [-0.25, -0.2) is 0 Å². The van der Waals surface area contributed by atoms with Crippen LogP contribution in [0.4, 0.5) is 0 Å². The van der Waals surface area contributed by atoms with Crippen LogP contribution in [-0.4, -0.2) is 26.0 Å². The highest BCUT2D eigenvalue weighted by molar-refractivity contribution is 5.10. The van der Waals surface area contributed by atoms with Gasteiger partial charge >= 0.3 is 0 Å². The molecule has 21 heavy (non-hydrogen) atoms. The molecule has 1 atom stereocenters. The number of nitrogens with zero attached hydrogens (tertiary/aromatic N) is 3. The van der Waals surface area contributed by atoms with E-state index in [9.17, 15) is 5.11 Å². The number of aliphatic hydroxyl groups is 1. The Morgan fingerprint density at radius 3 is 2.71 bits per heavy atom. The van der Waals surface area contributed by atoms with Crippen molar-refractivity contribution in [2.24, 2.45) is 0 Å². The van der Waals surface area contributed by atoms with Crippen molar-refractivity contribution in [1.82, 2.24) is 14.8 Å². The fraction of sp³-hybridized carbons (Fsp3) is 0.529. The van der Waals surface area contributed by atoms with Gasteiger partial charge in [0.1, 0.15) is 0 Å². The molecule has 1 N–H and O–H groups in total. The summed E-state index contributed by atoms with van der Waals surface area (Å²) in [6, 6.07) is 6.63. The molecule has 0 amide bonds. The predicted octanol–water partition coefficient (Wildman–Crippen LogP) is 2.93. The average Bonchev–Trinajstić information content (AvgIpc) is 3.17. The first-order chi connectivity index (χ1) is 10.3. The van der Waals surface area contributed by atoms with Gasteiger partial charge in [-0.1, -0.05) is 12.8 Å². The van der Waals surface area contributed by atoms with Crippen molar-refractivity contribution in [1.29, 1.82) is 0 Å². The number of hydrogen-bond donors (Lipinski definition) is 1. The lowest BCUT2D eigenvalue weighted by atomic mass is 10.1. The molecule has 1 fully saturated rings. The lowest BCUT2D eigenvalue weighted by molar-refractivity contribution is 0.163. The van der Waals surface area contributed by atoms with Crippen LogP contribution in [0.5, 0.6) is 0 Å². The van der Waals surface area contributed by atoms with Crippen molar-refractivity contribution >= 4 is 0 Å². The minimum Gasteiger partial charge on any atom is -0.393 e. The van der Waals surface area contributed by atoms with Crippen LogP contribution in [0.25, 0.3) is 0 Å². The first-order valence-corrected chi connectivity index (χ1v) is 7.92. The number of aryl methyl sites for hydroxylation is 1. The molecule has 1 aliphatic rings. The summed E-state index contributed by atoms with van der Waals surface area (Å²) in [5, 5.41) is 14.8. The van der Waals surface area contributed by atoms with E-state index in [4.69, 9.17) is 0 Å². The second-order valence-electron chi connectivity index (χ2n) is 5.98. The van der Waals surface area contributed by atoms with Gasteiger partial charge in [0.05, 0.1) is 17.8 Å². The Hall–Kier alpha value is -1.68. The highest BCUT2D eigenvalue weighted by Gasteiger charge is 2.18. The molecular formula is C17H23N3O. The van der Waals surface area contributed by atoms with Gasteiger partial charge in [0, 0.05) is 25.0 Å². The van der Waals surface area contributed by atoms with Crippen LogP contribution in [-0.2, 0) is 12.8 Å². The van der Waals surface area contributed by atoms with E-state index in [-0.39, 0.29) is 6.10 Å². The van der Waals surface area contributed by atoms with Crippen molar-refractivity contribution in [3.8, 4) is 0 Å². The van der Waals surface area contributed by atoms with Crippen LogP contribution >= 0.6 is 0 Å². The number of pyridine rings is 1. The first kappa shape index (κ1) is 14.3. The fourth-order valence-electron chi connectivity index (χ4n) is 3.08. The van der Waals surface area contributed by atoms with Crippen molar-refractivity contribution < 1.29 is 5.11 Å². The lowest BCUT2D eigenvalue weighted by Gasteiger charge is -2.10. The third-order valence-electron chi connectivity index (χ3n) is 4.32. The lowest BCUT2D eigenvalue weighted by Crippen LogP contribution is -2.13. The maximum atomic E-state index is 10.2. The van der Waals surface area contributed by atoms with Crippen LogP contribution in [0.1, 0.15) is 49.4 Å². The molecule has 0 aliphatic heterocycles. The van der Waals surface area contributed by atoms with Gasteiger partial charge in [-0.15, -0.1) is 0 Å². The van der Waals surface area contributed by atoms with Crippen LogP contribution in [0.15, 0.2) is 36.8 Å². The zero-order valence-electron chi connectivity index (χ0n) is 12.4. The van der Waals surface area contributed by atoms with E-state index in [0.29, 0.717) is 12.5 Å². The molecule has 1 unspecified atom stereocenters. The quantitative estimate of drug-likeness (QED) is 0.888. The fourth-order valence-corrected chi connectivity index (χ4v) is 3.08. The molecule has 1 aliphatic carbocycles. The normalized spacial score (nSPS) is 17.2. The summed E-state index contributed by atoms with van der Waals surface area (Å²) in [5.74, 6) is 0. The zero-order chi connectivity index (χ0) is 14.5. The number of hydrogen-bond acceptors (Lipinski definition) is 3. The molecule has 2 aromatic rings. The molecule has 2 heterocycles. The third-order valence-corrected chi connectivity index (χ3v) is 4.32. The van der Waals surface area contributed by atoms with E-state index in [0.717, 1.165) is 18.5 Å². The van der Waals surface area contributed by atoms with Gasteiger partial charge in [0.15, 0.2) is 0 Å². The van der Waals surface area contributed by atoms with Crippen molar-refractivity contribution in [2.45, 2.75) is 57.1 Å². The molecule has 112 valence electrons. The van der Waals surface area contributed by atoms with E-state index < -0.39 is 0 Å². The number of aliphatic hydroxyl groups excluding tert-OH is 1. The van der Waals surface area contributed by atoms with Crippen molar-refractivity contribution in [3.63, 3.8) is 0 Å².